The first-order chi connectivity index (χ1) is 14.3. The van der Waals surface area contributed by atoms with E-state index in [2.05, 4.69) is 134 Å². The van der Waals surface area contributed by atoms with Crippen molar-refractivity contribution in [1.29, 1.82) is 0 Å². The Morgan fingerprint density at radius 1 is 0.636 bits per heavy atom. The quantitative estimate of drug-likeness (QED) is 0.251. The zero-order chi connectivity index (χ0) is 26.2. The molecule has 0 aliphatic heterocycles. The van der Waals surface area contributed by atoms with Gasteiger partial charge in [-0.15, -0.1) is 0 Å². The molecule has 33 heavy (non-hydrogen) atoms. The number of rotatable bonds is 7. The van der Waals surface area contributed by atoms with Crippen molar-refractivity contribution in [2.75, 3.05) is 0 Å². The molecule has 188 valence electrons. The molecule has 0 saturated heterocycles. The van der Waals surface area contributed by atoms with Gasteiger partial charge < -0.3 is 0 Å². The first-order valence-electron chi connectivity index (χ1n) is 13.2. The van der Waals surface area contributed by atoms with Crippen molar-refractivity contribution in [2.45, 2.75) is 119 Å². The third-order valence-electron chi connectivity index (χ3n) is 8.20. The topological polar surface area (TPSA) is 0 Å². The van der Waals surface area contributed by atoms with Crippen LogP contribution in [0.5, 0.6) is 0 Å². The molecule has 0 fully saturated rings. The molecule has 0 N–H and O–H groups in total. The summed E-state index contributed by atoms with van der Waals surface area (Å²) in [6.07, 6.45) is 8.60. The van der Waals surface area contributed by atoms with E-state index in [4.69, 9.17) is 0 Å². The average Bonchev–Trinajstić information content (AvgIpc) is 3.16. The minimum atomic E-state index is -2.81. The van der Waals surface area contributed by atoms with Crippen LogP contribution in [-0.2, 0) is 20.3 Å². The Hall–Kier alpha value is 0.928. The van der Waals surface area contributed by atoms with Crippen LogP contribution in [0.3, 0.4) is 0 Å². The fourth-order valence-electron chi connectivity index (χ4n) is 7.67. The Kier molecular flexibility index (Phi) is 8.00. The summed E-state index contributed by atoms with van der Waals surface area (Å²) in [5, 5.41) is 6.13. The molecule has 0 unspecified atom stereocenters. The summed E-state index contributed by atoms with van der Waals surface area (Å²) < 4.78 is 10.1. The summed E-state index contributed by atoms with van der Waals surface area (Å²) in [6, 6.07) is 0. The SMILES string of the molecule is C[Si](C)(C)C1=C([Si](C)(C)C)C([Si](C)(C)C)([Si](C)(C)C)[C]([Zr]([CH3])([CH3])[C]2=CC=CC2)=C1[Si](C)(C)C. The maximum absolute atomic E-state index is 2.83. The molecule has 0 nitrogen and oxygen atoms in total. The molecule has 0 aromatic heterocycles. The fraction of sp³-hybridized carbons (Fsp3) is 0.704. The van der Waals surface area contributed by atoms with Crippen molar-refractivity contribution in [3.63, 3.8) is 0 Å². The van der Waals surface area contributed by atoms with E-state index in [1.165, 1.54) is 6.42 Å². The molecule has 0 aromatic carbocycles. The van der Waals surface area contributed by atoms with E-state index in [1.54, 1.807) is 0 Å². The Bertz CT molecular complexity index is 913. The molecule has 0 aromatic rings. The molecule has 0 saturated carbocycles. The second-order valence-corrected chi connectivity index (χ2v) is 53.2. The summed E-state index contributed by atoms with van der Waals surface area (Å²) in [5.41, 5.74) is 0. The van der Waals surface area contributed by atoms with Gasteiger partial charge in [0.2, 0.25) is 0 Å². The normalized spacial score (nSPS) is 20.8. The summed E-state index contributed by atoms with van der Waals surface area (Å²) in [7, 11) is -7.91. The molecule has 0 spiro atoms. The van der Waals surface area contributed by atoms with Crippen LogP contribution in [0.25, 0.3) is 0 Å². The van der Waals surface area contributed by atoms with Crippen LogP contribution >= 0.6 is 0 Å². The molecule has 0 radical (unpaired) electrons. The van der Waals surface area contributed by atoms with E-state index in [-0.39, 0.29) is 0 Å². The summed E-state index contributed by atoms with van der Waals surface area (Å²) in [4.78, 5) is 0. The molecule has 2 rings (SSSR count). The average molecular weight is 612 g/mol. The van der Waals surface area contributed by atoms with E-state index in [0.29, 0.717) is 4.66 Å². The van der Waals surface area contributed by atoms with Gasteiger partial charge in [0.25, 0.3) is 0 Å². The van der Waals surface area contributed by atoms with Crippen LogP contribution in [0.4, 0.5) is 0 Å². The third kappa shape index (κ3) is 4.93. The van der Waals surface area contributed by atoms with Crippen LogP contribution < -0.4 is 0 Å². The zero-order valence-electron chi connectivity index (χ0n) is 25.4. The van der Waals surface area contributed by atoms with Gasteiger partial charge in [0, 0.05) is 0 Å². The number of allylic oxidation sites excluding steroid dienone is 8. The van der Waals surface area contributed by atoms with Crippen LogP contribution in [0.15, 0.2) is 40.4 Å². The summed E-state index contributed by atoms with van der Waals surface area (Å²) in [5.74, 6) is 0. The van der Waals surface area contributed by atoms with Crippen LogP contribution in [0.2, 0.25) is 112 Å². The van der Waals surface area contributed by atoms with E-state index in [1.807, 2.05) is 13.7 Å². The first-order valence-corrected chi connectivity index (χ1v) is 38.1. The summed E-state index contributed by atoms with van der Waals surface area (Å²) >= 11 is -2.81. The standard InChI is InChI=1S/C20H45Si5.C5H5.2CH3.Zr/c1-21(2,3)17-16-20(24(10,11)12,25(13,14)15)19(23(7,8)9)18(17)22(4,5)6;1-2-4-5-3-1;;;/h1-15H3;1-3H,4H2;2*1H3;. The zero-order valence-corrected chi connectivity index (χ0v) is 32.9. The van der Waals surface area contributed by atoms with Crippen LogP contribution in [0.1, 0.15) is 6.42 Å². The summed E-state index contributed by atoms with van der Waals surface area (Å²) in [6.45, 7) is 40.9. The van der Waals surface area contributed by atoms with Crippen LogP contribution in [-0.4, -0.2) is 40.4 Å². The van der Waals surface area contributed by atoms with Crippen LogP contribution in [0, 0.1) is 0 Å². The monoisotopic (exact) mass is 610 g/mol. The van der Waals surface area contributed by atoms with Crippen molar-refractivity contribution in [2.24, 2.45) is 0 Å². The Morgan fingerprint density at radius 2 is 1.06 bits per heavy atom. The van der Waals surface area contributed by atoms with Gasteiger partial charge in [0.15, 0.2) is 0 Å². The molecule has 0 heterocycles. The molecular weight excluding hydrogens is 556 g/mol. The third-order valence-corrected chi connectivity index (χ3v) is 36.6. The van der Waals surface area contributed by atoms with Gasteiger partial charge in [0.05, 0.1) is 0 Å². The maximum atomic E-state index is 2.83. The number of hydrogen-bond donors (Lipinski definition) is 0. The number of hydrogen-bond acceptors (Lipinski definition) is 0. The van der Waals surface area contributed by atoms with Crippen molar-refractivity contribution < 1.29 is 20.3 Å². The minimum absolute atomic E-state index is 0.429. The van der Waals surface area contributed by atoms with E-state index >= 15 is 0 Å². The predicted octanol–water partition coefficient (Wildman–Crippen LogP) is 10.2. The van der Waals surface area contributed by atoms with Crippen molar-refractivity contribution >= 4 is 40.4 Å². The first kappa shape index (κ1) is 30.2. The second kappa shape index (κ2) is 8.75. The Balaban J connectivity index is 3.37. The van der Waals surface area contributed by atoms with Gasteiger partial charge >= 0.3 is 220 Å². The predicted molar refractivity (Wildman–Crippen MR) is 167 cm³/mol. The van der Waals surface area contributed by atoms with Gasteiger partial charge in [-0.1, -0.05) is 0 Å². The van der Waals surface area contributed by atoms with Gasteiger partial charge in [0.1, 0.15) is 0 Å². The van der Waals surface area contributed by atoms with Crippen molar-refractivity contribution in [3.05, 3.63) is 40.4 Å². The molecule has 0 amide bonds. The fourth-order valence-corrected chi connectivity index (χ4v) is 58.0. The van der Waals surface area contributed by atoms with Crippen molar-refractivity contribution in [3.8, 4) is 0 Å². The Morgan fingerprint density at radius 3 is 1.33 bits per heavy atom. The van der Waals surface area contributed by atoms with Crippen molar-refractivity contribution in [1.82, 2.24) is 0 Å². The van der Waals surface area contributed by atoms with Gasteiger partial charge in [-0.3, -0.25) is 0 Å². The second-order valence-electron chi connectivity index (χ2n) is 16.4. The Labute approximate surface area is 218 Å². The van der Waals surface area contributed by atoms with E-state index in [0.717, 1.165) is 0 Å². The van der Waals surface area contributed by atoms with Gasteiger partial charge in [-0.25, -0.2) is 0 Å². The molecule has 0 atom stereocenters. The molecule has 6 heteroatoms. The molecule has 2 aliphatic rings. The molecular formula is C27H56Si5Zr. The van der Waals surface area contributed by atoms with E-state index < -0.39 is 60.6 Å². The molecule has 2 aliphatic carbocycles. The molecule has 0 bridgehead atoms. The van der Waals surface area contributed by atoms with E-state index in [9.17, 15) is 0 Å². The van der Waals surface area contributed by atoms with Gasteiger partial charge in [-0.2, -0.15) is 0 Å². The van der Waals surface area contributed by atoms with Gasteiger partial charge in [-0.05, 0) is 0 Å².